The molecule has 0 saturated heterocycles. The minimum absolute atomic E-state index is 0.412. The van der Waals surface area contributed by atoms with Gasteiger partial charge in [-0.3, -0.25) is 5.01 Å². The van der Waals surface area contributed by atoms with E-state index >= 15 is 0 Å². The van der Waals surface area contributed by atoms with Crippen LogP contribution in [0.4, 0.5) is 11.5 Å². The number of rotatable bonds is 0. The maximum atomic E-state index is 11.0. The second kappa shape index (κ2) is 2.08. The SMILES string of the molecule is CN1NN([O-])c2ncccc21. The largest absolute Gasteiger partial charge is 0.741 e. The lowest BCUT2D eigenvalue weighted by atomic mass is 10.4. The highest BCUT2D eigenvalue weighted by atomic mass is 16.6. The van der Waals surface area contributed by atoms with Gasteiger partial charge in [-0.05, 0) is 12.1 Å². The third kappa shape index (κ3) is 0.821. The molecule has 0 bridgehead atoms. The lowest BCUT2D eigenvalue weighted by Crippen LogP contribution is -2.38. The molecule has 0 aliphatic carbocycles. The molecular weight excluding hydrogens is 144 g/mol. The van der Waals surface area contributed by atoms with Crippen LogP contribution in [0.3, 0.4) is 0 Å². The summed E-state index contributed by atoms with van der Waals surface area (Å²) >= 11 is 0. The van der Waals surface area contributed by atoms with Gasteiger partial charge in [0.05, 0.1) is 5.69 Å². The maximum absolute atomic E-state index is 11.0. The highest BCUT2D eigenvalue weighted by Gasteiger charge is 2.16. The predicted molar refractivity (Wildman–Crippen MR) is 41.6 cm³/mol. The van der Waals surface area contributed by atoms with Crippen molar-refractivity contribution in [2.45, 2.75) is 0 Å². The van der Waals surface area contributed by atoms with Gasteiger partial charge in [-0.2, -0.15) is 5.53 Å². The van der Waals surface area contributed by atoms with Crippen molar-refractivity contribution in [3.05, 3.63) is 23.5 Å². The first kappa shape index (κ1) is 6.38. The Bertz CT molecular complexity index is 250. The molecule has 0 saturated carbocycles. The molecule has 0 fully saturated rings. The van der Waals surface area contributed by atoms with E-state index < -0.39 is 0 Å². The van der Waals surface area contributed by atoms with Gasteiger partial charge in [-0.25, -0.2) is 4.98 Å². The summed E-state index contributed by atoms with van der Waals surface area (Å²) in [5, 5.41) is 13.2. The standard InChI is InChI=1S/C6H7N4O/c1-9-5-3-2-4-7-6(5)10(11)8-9/h2-4,8H,1H3/q-1. The van der Waals surface area contributed by atoms with Crippen molar-refractivity contribution in [3.63, 3.8) is 0 Å². The molecule has 0 unspecified atom stereocenters. The Morgan fingerprint density at radius 3 is 3.18 bits per heavy atom. The van der Waals surface area contributed by atoms with Gasteiger partial charge in [-0.15, -0.1) is 0 Å². The molecule has 1 aliphatic rings. The number of nitrogens with one attached hydrogen (secondary N) is 1. The smallest absolute Gasteiger partial charge is 0.158 e. The summed E-state index contributed by atoms with van der Waals surface area (Å²) in [5.41, 5.74) is 3.32. The zero-order chi connectivity index (χ0) is 7.84. The number of aromatic nitrogens is 1. The molecule has 1 N–H and O–H groups in total. The Morgan fingerprint density at radius 1 is 1.64 bits per heavy atom. The van der Waals surface area contributed by atoms with Crippen molar-refractivity contribution >= 4 is 11.5 Å². The van der Waals surface area contributed by atoms with E-state index in [4.69, 9.17) is 0 Å². The molecule has 0 aromatic carbocycles. The molecule has 5 heteroatoms. The van der Waals surface area contributed by atoms with E-state index in [1.165, 1.54) is 0 Å². The third-order valence-corrected chi connectivity index (χ3v) is 1.56. The van der Waals surface area contributed by atoms with Crippen LogP contribution >= 0.6 is 0 Å². The van der Waals surface area contributed by atoms with Crippen LogP contribution < -0.4 is 15.7 Å². The van der Waals surface area contributed by atoms with Crippen molar-refractivity contribution < 1.29 is 0 Å². The Hall–Kier alpha value is -1.33. The molecular formula is C6H7N4O-. The molecule has 1 aliphatic heterocycles. The van der Waals surface area contributed by atoms with Crippen LogP contribution in [0.15, 0.2) is 18.3 Å². The number of fused-ring (bicyclic) bond motifs is 1. The van der Waals surface area contributed by atoms with E-state index in [0.717, 1.165) is 5.69 Å². The summed E-state index contributed by atoms with van der Waals surface area (Å²) in [6.07, 6.45) is 1.59. The molecule has 2 heterocycles. The summed E-state index contributed by atoms with van der Waals surface area (Å²) < 4.78 is 0. The predicted octanol–water partition coefficient (Wildman–Crippen LogP) is 0.255. The Labute approximate surface area is 63.8 Å². The molecule has 0 radical (unpaired) electrons. The lowest BCUT2D eigenvalue weighted by molar-refractivity contribution is 0.730. The quantitative estimate of drug-likeness (QED) is 0.576. The van der Waals surface area contributed by atoms with Crippen molar-refractivity contribution in [2.75, 3.05) is 17.2 Å². The fraction of sp³-hybridized carbons (Fsp3) is 0.167. The van der Waals surface area contributed by atoms with Gasteiger partial charge in [-0.1, -0.05) is 0 Å². The van der Waals surface area contributed by atoms with Crippen LogP contribution in [0.2, 0.25) is 0 Å². The van der Waals surface area contributed by atoms with Gasteiger partial charge in [0.15, 0.2) is 5.82 Å². The summed E-state index contributed by atoms with van der Waals surface area (Å²) in [5.74, 6) is 0.412. The zero-order valence-corrected chi connectivity index (χ0v) is 5.98. The van der Waals surface area contributed by atoms with Gasteiger partial charge in [0.2, 0.25) is 0 Å². The van der Waals surface area contributed by atoms with Gasteiger partial charge < -0.3 is 10.4 Å². The number of nitrogens with zero attached hydrogens (tertiary/aromatic N) is 3. The van der Waals surface area contributed by atoms with Crippen LogP contribution in [0, 0.1) is 5.21 Å². The molecule has 11 heavy (non-hydrogen) atoms. The third-order valence-electron chi connectivity index (χ3n) is 1.56. The normalized spacial score (nSPS) is 15.5. The molecule has 2 rings (SSSR count). The van der Waals surface area contributed by atoms with Crippen LogP contribution in [0.1, 0.15) is 0 Å². The molecule has 5 nitrogen and oxygen atoms in total. The lowest BCUT2D eigenvalue weighted by Gasteiger charge is -2.23. The van der Waals surface area contributed by atoms with Gasteiger partial charge in [0.25, 0.3) is 0 Å². The van der Waals surface area contributed by atoms with Crippen LogP contribution in [-0.2, 0) is 0 Å². The second-order valence-electron chi connectivity index (χ2n) is 2.30. The molecule has 58 valence electrons. The van der Waals surface area contributed by atoms with E-state index in [0.29, 0.717) is 11.0 Å². The molecule has 0 amide bonds. The highest BCUT2D eigenvalue weighted by Crippen LogP contribution is 2.27. The fourth-order valence-electron chi connectivity index (χ4n) is 1.04. The summed E-state index contributed by atoms with van der Waals surface area (Å²) in [6, 6.07) is 3.61. The Kier molecular flexibility index (Phi) is 1.21. The number of hydrogen-bond acceptors (Lipinski definition) is 5. The number of hydrazine groups is 2. The van der Waals surface area contributed by atoms with Crippen LogP contribution in [-0.4, -0.2) is 12.0 Å². The fourth-order valence-corrected chi connectivity index (χ4v) is 1.04. The first-order valence-electron chi connectivity index (χ1n) is 3.21. The van der Waals surface area contributed by atoms with E-state index in [1.54, 1.807) is 24.3 Å². The summed E-state index contributed by atoms with van der Waals surface area (Å²) in [4.78, 5) is 3.90. The van der Waals surface area contributed by atoms with Crippen molar-refractivity contribution in [1.29, 1.82) is 0 Å². The average Bonchev–Trinajstić information content (AvgIpc) is 2.30. The molecule has 1 aromatic rings. The first-order valence-corrected chi connectivity index (χ1v) is 3.21. The minimum atomic E-state index is 0.412. The average molecular weight is 151 g/mol. The zero-order valence-electron chi connectivity index (χ0n) is 5.98. The first-order chi connectivity index (χ1) is 5.29. The number of anilines is 2. The number of hydrogen-bond donors (Lipinski definition) is 1. The van der Waals surface area contributed by atoms with Gasteiger partial charge in [0.1, 0.15) is 0 Å². The molecule has 1 aromatic heterocycles. The topological polar surface area (TPSA) is 54.5 Å². The highest BCUT2D eigenvalue weighted by molar-refractivity contribution is 5.69. The Morgan fingerprint density at radius 2 is 2.45 bits per heavy atom. The monoisotopic (exact) mass is 151 g/mol. The van der Waals surface area contributed by atoms with E-state index in [-0.39, 0.29) is 0 Å². The van der Waals surface area contributed by atoms with E-state index in [1.807, 2.05) is 6.07 Å². The van der Waals surface area contributed by atoms with Crippen molar-refractivity contribution in [1.82, 2.24) is 10.5 Å². The van der Waals surface area contributed by atoms with E-state index in [2.05, 4.69) is 10.5 Å². The summed E-state index contributed by atoms with van der Waals surface area (Å²) in [6.45, 7) is 0. The van der Waals surface area contributed by atoms with Crippen molar-refractivity contribution in [2.24, 2.45) is 0 Å². The van der Waals surface area contributed by atoms with Crippen LogP contribution in [0.25, 0.3) is 0 Å². The maximum Gasteiger partial charge on any atom is 0.158 e. The number of pyridine rings is 1. The van der Waals surface area contributed by atoms with Gasteiger partial charge >= 0.3 is 0 Å². The minimum Gasteiger partial charge on any atom is -0.741 e. The molecule has 0 atom stereocenters. The second-order valence-corrected chi connectivity index (χ2v) is 2.30. The van der Waals surface area contributed by atoms with Crippen LogP contribution in [0.5, 0.6) is 0 Å². The van der Waals surface area contributed by atoms with E-state index in [9.17, 15) is 5.21 Å². The Balaban J connectivity index is 2.52. The summed E-state index contributed by atoms with van der Waals surface area (Å²) in [7, 11) is 1.76. The van der Waals surface area contributed by atoms with Gasteiger partial charge in [0, 0.05) is 13.2 Å². The molecule has 0 spiro atoms. The van der Waals surface area contributed by atoms with Crippen molar-refractivity contribution in [3.8, 4) is 0 Å².